The van der Waals surface area contributed by atoms with Crippen LogP contribution in [0.4, 0.5) is 24.2 Å². The predicted octanol–water partition coefficient (Wildman–Crippen LogP) is 5.58. The zero-order valence-corrected chi connectivity index (χ0v) is 26.5. The van der Waals surface area contributed by atoms with E-state index < -0.39 is 60.2 Å². The summed E-state index contributed by atoms with van der Waals surface area (Å²) in [5.74, 6) is -4.77. The fourth-order valence-corrected chi connectivity index (χ4v) is 4.35. The van der Waals surface area contributed by atoms with E-state index in [2.05, 4.69) is 26.2 Å². The molecular weight excluding hydrogens is 628 g/mol. The summed E-state index contributed by atoms with van der Waals surface area (Å²) in [6, 6.07) is 1.18. The molecule has 0 aromatic carbocycles. The lowest BCUT2D eigenvalue weighted by molar-refractivity contribution is -0.149. The van der Waals surface area contributed by atoms with Gasteiger partial charge in [-0.3, -0.25) is 9.36 Å². The largest absolute Gasteiger partial charge is 0.509 e. The first-order valence-electron chi connectivity index (χ1n) is 13.6. The minimum absolute atomic E-state index is 0.117. The van der Waals surface area contributed by atoms with E-state index in [1.165, 1.54) is 26.8 Å². The van der Waals surface area contributed by atoms with Gasteiger partial charge in [0, 0.05) is 17.4 Å². The second-order valence-electron chi connectivity index (χ2n) is 11.8. The number of carbonyl (C=O) groups excluding carboxylic acids is 3. The Morgan fingerprint density at radius 3 is 2.29 bits per heavy atom. The van der Waals surface area contributed by atoms with Crippen LogP contribution in [-0.2, 0) is 28.5 Å². The van der Waals surface area contributed by atoms with Crippen LogP contribution in [0.2, 0.25) is 0 Å². The van der Waals surface area contributed by atoms with E-state index in [0.29, 0.717) is 17.4 Å². The summed E-state index contributed by atoms with van der Waals surface area (Å²) in [4.78, 5) is 53.7. The second-order valence-corrected chi connectivity index (χ2v) is 12.6. The van der Waals surface area contributed by atoms with Gasteiger partial charge in [0.05, 0.1) is 0 Å². The van der Waals surface area contributed by atoms with Crippen molar-refractivity contribution in [2.45, 2.75) is 110 Å². The molecule has 42 heavy (non-hydrogen) atoms. The van der Waals surface area contributed by atoms with Gasteiger partial charge in [0.2, 0.25) is 18.2 Å². The quantitative estimate of drug-likeness (QED) is 0.235. The molecule has 238 valence electrons. The predicted molar refractivity (Wildman–Crippen MR) is 151 cm³/mol. The molecule has 0 aliphatic carbocycles. The average Bonchev–Trinajstić information content (AvgIpc) is 3.07. The summed E-state index contributed by atoms with van der Waals surface area (Å²) in [6.07, 6.45) is -5.11. The zero-order valence-electron chi connectivity index (χ0n) is 24.9. The molecule has 1 amide bonds. The first kappa shape index (κ1) is 35.4. The molecule has 1 unspecified atom stereocenters. The highest BCUT2D eigenvalue weighted by molar-refractivity contribution is 9.09. The molecule has 1 aliphatic heterocycles. The highest BCUT2D eigenvalue weighted by Crippen LogP contribution is 2.44. The third-order valence-corrected chi connectivity index (χ3v) is 6.31. The van der Waals surface area contributed by atoms with E-state index in [1.807, 2.05) is 6.92 Å². The van der Waals surface area contributed by atoms with E-state index in [9.17, 15) is 19.2 Å². The van der Waals surface area contributed by atoms with E-state index >= 15 is 8.78 Å². The number of hydrogen-bond acceptors (Lipinski definition) is 10. The maximum absolute atomic E-state index is 15.7. The van der Waals surface area contributed by atoms with Crippen molar-refractivity contribution >= 4 is 40.0 Å². The monoisotopic (exact) mass is 667 g/mol. The molecule has 2 rings (SSSR count). The van der Waals surface area contributed by atoms with Crippen LogP contribution in [0.3, 0.4) is 0 Å². The number of aromatic nitrogens is 2. The SMILES string of the molecule is CCCC(CCCBr)C(=O)Nc1ccn([C@@H]2O[C@H](COC(=O)OC(C)(C)C)[C@@H](OC(=O)OC(C)(C)C)C2(F)F)c(=O)n1. The zero-order chi connectivity index (χ0) is 31.9. The van der Waals surface area contributed by atoms with Gasteiger partial charge in [-0.2, -0.15) is 13.8 Å². The van der Waals surface area contributed by atoms with Crippen molar-refractivity contribution < 1.29 is 46.8 Å². The Labute approximate surface area is 251 Å². The maximum atomic E-state index is 15.7. The number of carbonyl (C=O) groups is 3. The Kier molecular flexibility index (Phi) is 12.3. The normalized spacial score (nSPS) is 20.9. The molecule has 1 fully saturated rings. The summed E-state index contributed by atoms with van der Waals surface area (Å²) in [5, 5.41) is 3.30. The molecule has 15 heteroatoms. The Morgan fingerprint density at radius 2 is 1.74 bits per heavy atom. The van der Waals surface area contributed by atoms with Crippen LogP contribution in [-0.4, -0.2) is 69.0 Å². The van der Waals surface area contributed by atoms with E-state index in [0.717, 1.165) is 24.4 Å². The van der Waals surface area contributed by atoms with Crippen molar-refractivity contribution in [3.63, 3.8) is 0 Å². The number of alkyl halides is 3. The Hall–Kier alpha value is -2.81. The minimum atomic E-state index is -4.00. The molecule has 12 nitrogen and oxygen atoms in total. The number of hydrogen-bond donors (Lipinski definition) is 1. The highest BCUT2D eigenvalue weighted by Gasteiger charge is 2.63. The first-order chi connectivity index (χ1) is 19.4. The molecule has 1 aliphatic rings. The van der Waals surface area contributed by atoms with Gasteiger partial charge in [-0.15, -0.1) is 0 Å². The fourth-order valence-electron chi connectivity index (χ4n) is 4.02. The number of halogens is 3. The van der Waals surface area contributed by atoms with Gasteiger partial charge in [-0.05, 0) is 66.9 Å². The molecule has 4 atom stereocenters. The van der Waals surface area contributed by atoms with Crippen LogP contribution in [0, 0.1) is 5.92 Å². The fraction of sp³-hybridized carbons (Fsp3) is 0.741. The highest BCUT2D eigenvalue weighted by atomic mass is 79.9. The van der Waals surface area contributed by atoms with Crippen molar-refractivity contribution in [2.75, 3.05) is 17.3 Å². The van der Waals surface area contributed by atoms with Gasteiger partial charge in [-0.1, -0.05) is 29.3 Å². The number of amides is 1. The summed E-state index contributed by atoms with van der Waals surface area (Å²) < 4.78 is 57.2. The van der Waals surface area contributed by atoms with Crippen molar-refractivity contribution in [3.8, 4) is 0 Å². The number of anilines is 1. The summed E-state index contributed by atoms with van der Waals surface area (Å²) in [6.45, 7) is 10.4. The van der Waals surface area contributed by atoms with Crippen LogP contribution in [0.25, 0.3) is 0 Å². The van der Waals surface area contributed by atoms with E-state index in [-0.39, 0.29) is 17.6 Å². The molecular formula is C27H40BrF2N3O9. The van der Waals surface area contributed by atoms with E-state index in [1.54, 1.807) is 20.8 Å². The molecule has 1 saturated heterocycles. The average molecular weight is 669 g/mol. The lowest BCUT2D eigenvalue weighted by atomic mass is 9.97. The van der Waals surface area contributed by atoms with Gasteiger partial charge in [-0.25, -0.2) is 14.4 Å². The topological polar surface area (TPSA) is 144 Å². The third kappa shape index (κ3) is 10.5. The van der Waals surface area contributed by atoms with Crippen LogP contribution in [0.15, 0.2) is 17.1 Å². The molecule has 1 aromatic heterocycles. The number of ether oxygens (including phenoxy) is 5. The second kappa shape index (κ2) is 14.6. The van der Waals surface area contributed by atoms with Gasteiger partial charge < -0.3 is 29.0 Å². The van der Waals surface area contributed by atoms with Gasteiger partial charge in [0.25, 0.3) is 0 Å². The van der Waals surface area contributed by atoms with Gasteiger partial charge >= 0.3 is 23.9 Å². The smallest absolute Gasteiger partial charge is 0.431 e. The van der Waals surface area contributed by atoms with Gasteiger partial charge in [0.1, 0.15) is 29.7 Å². The van der Waals surface area contributed by atoms with Crippen LogP contribution in [0.1, 0.15) is 80.4 Å². The standard InChI is InChI=1S/C27H40BrF2N3O9/c1-8-10-16(11-9-13-28)20(34)31-18-12-14-33(22(35)32-18)21-27(29,30)19(40-24(37)42-26(5,6)7)17(39-21)15-38-23(36)41-25(2,3)4/h12,14,16-17,19,21H,8-11,13,15H2,1-7H3,(H,31,32,34,35)/t16?,17-,19-,21-/m1/s1. The Morgan fingerprint density at radius 1 is 1.12 bits per heavy atom. The molecule has 0 saturated carbocycles. The maximum Gasteiger partial charge on any atom is 0.509 e. The molecule has 0 bridgehead atoms. The lowest BCUT2D eigenvalue weighted by Crippen LogP contribution is -2.45. The van der Waals surface area contributed by atoms with E-state index in [4.69, 9.17) is 23.7 Å². The Balaban J connectivity index is 2.30. The lowest BCUT2D eigenvalue weighted by Gasteiger charge is -2.26. The van der Waals surface area contributed by atoms with Crippen molar-refractivity contribution in [3.05, 3.63) is 22.7 Å². The third-order valence-electron chi connectivity index (χ3n) is 5.75. The van der Waals surface area contributed by atoms with Gasteiger partial charge in [0.15, 0.2) is 0 Å². The van der Waals surface area contributed by atoms with Crippen molar-refractivity contribution in [2.24, 2.45) is 5.92 Å². The van der Waals surface area contributed by atoms with Crippen LogP contribution in [0.5, 0.6) is 0 Å². The Bertz CT molecular complexity index is 1150. The van der Waals surface area contributed by atoms with Crippen molar-refractivity contribution in [1.29, 1.82) is 0 Å². The van der Waals surface area contributed by atoms with Crippen LogP contribution < -0.4 is 11.0 Å². The number of nitrogens with zero attached hydrogens (tertiary/aromatic N) is 2. The molecule has 1 aromatic rings. The summed E-state index contributed by atoms with van der Waals surface area (Å²) in [5.41, 5.74) is -3.14. The number of rotatable bonds is 11. The number of nitrogens with one attached hydrogen (secondary N) is 1. The summed E-state index contributed by atoms with van der Waals surface area (Å²) in [7, 11) is 0. The minimum Gasteiger partial charge on any atom is -0.431 e. The molecule has 0 radical (unpaired) electrons. The van der Waals surface area contributed by atoms with Crippen LogP contribution >= 0.6 is 15.9 Å². The molecule has 2 heterocycles. The molecule has 1 N–H and O–H groups in total. The molecule has 0 spiro atoms. The first-order valence-corrected chi connectivity index (χ1v) is 14.7. The summed E-state index contributed by atoms with van der Waals surface area (Å²) >= 11 is 3.34. The van der Waals surface area contributed by atoms with Crippen molar-refractivity contribution in [1.82, 2.24) is 9.55 Å².